The van der Waals surface area contributed by atoms with Gasteiger partial charge in [-0.15, -0.1) is 0 Å². The summed E-state index contributed by atoms with van der Waals surface area (Å²) in [6, 6.07) is 6.04. The second-order valence-corrected chi connectivity index (χ2v) is 13.0. The third-order valence-corrected chi connectivity index (χ3v) is 9.79. The molecule has 39 heavy (non-hydrogen) atoms. The quantitative estimate of drug-likeness (QED) is 0.500. The Morgan fingerprint density at radius 3 is 2.23 bits per heavy atom. The molecule has 0 spiro atoms. The van der Waals surface area contributed by atoms with Crippen molar-refractivity contribution in [1.29, 1.82) is 0 Å². The van der Waals surface area contributed by atoms with Crippen LogP contribution in [0.25, 0.3) is 0 Å². The Balaban J connectivity index is 1.14. The number of hydrogen-bond donors (Lipinski definition) is 0. The first-order valence-electron chi connectivity index (χ1n) is 14.0. The number of benzene rings is 1. The minimum atomic E-state index is -0.102. The Labute approximate surface area is 239 Å². The molecule has 10 heteroatoms. The molecule has 0 N–H and O–H groups in total. The Kier molecular flexibility index (Phi) is 8.59. The van der Waals surface area contributed by atoms with Crippen LogP contribution >= 0.6 is 22.9 Å². The van der Waals surface area contributed by atoms with Gasteiger partial charge in [0.15, 0.2) is 5.13 Å². The van der Waals surface area contributed by atoms with E-state index in [2.05, 4.69) is 9.88 Å². The molecule has 2 atom stereocenters. The maximum absolute atomic E-state index is 13.5. The summed E-state index contributed by atoms with van der Waals surface area (Å²) in [5, 5.41) is 0.651. The summed E-state index contributed by atoms with van der Waals surface area (Å²) in [5.41, 5.74) is 2.95. The summed E-state index contributed by atoms with van der Waals surface area (Å²) in [6.45, 7) is 12.0. The van der Waals surface area contributed by atoms with E-state index in [0.717, 1.165) is 55.8 Å². The molecule has 4 heterocycles. The molecular formula is C29H38ClN5O3S. The average molecular weight is 572 g/mol. The van der Waals surface area contributed by atoms with Crippen LogP contribution in [0.1, 0.15) is 47.7 Å². The fourth-order valence-corrected chi connectivity index (χ4v) is 7.47. The highest BCUT2D eigenvalue weighted by Crippen LogP contribution is 2.33. The molecule has 3 amide bonds. The van der Waals surface area contributed by atoms with Gasteiger partial charge >= 0.3 is 0 Å². The Hall–Kier alpha value is -2.49. The maximum Gasteiger partial charge on any atom is 0.254 e. The van der Waals surface area contributed by atoms with Crippen molar-refractivity contribution in [2.75, 3.05) is 57.3 Å². The van der Waals surface area contributed by atoms with E-state index in [1.807, 2.05) is 46.7 Å². The van der Waals surface area contributed by atoms with Crippen molar-refractivity contribution in [2.24, 2.45) is 17.8 Å². The molecular weight excluding hydrogens is 534 g/mol. The number of aromatic nitrogens is 1. The molecule has 0 saturated carbocycles. The van der Waals surface area contributed by atoms with Crippen LogP contribution in [0.3, 0.4) is 0 Å². The predicted octanol–water partition coefficient (Wildman–Crippen LogP) is 4.10. The SMILES string of the molecule is CC(=O)N1CCC(C(=O)N(CCCN2CC3CN(C(=O)c4c(C)cccc4C)CC3C2)c2ncc(Cl)s2)CC1. The number of fused-ring (bicyclic) bond motifs is 1. The Morgan fingerprint density at radius 2 is 1.67 bits per heavy atom. The normalized spacial score (nSPS) is 21.8. The molecule has 5 rings (SSSR count). The topological polar surface area (TPSA) is 77.1 Å². The van der Waals surface area contributed by atoms with Crippen LogP contribution in [0.2, 0.25) is 4.34 Å². The Bertz CT molecular complexity index is 1190. The predicted molar refractivity (Wildman–Crippen MR) is 154 cm³/mol. The van der Waals surface area contributed by atoms with E-state index >= 15 is 0 Å². The van der Waals surface area contributed by atoms with Gasteiger partial charge in [0.05, 0.1) is 6.20 Å². The number of halogens is 1. The zero-order valence-corrected chi connectivity index (χ0v) is 24.6. The van der Waals surface area contributed by atoms with Crippen molar-refractivity contribution in [3.05, 3.63) is 45.4 Å². The van der Waals surface area contributed by atoms with Crippen LogP contribution in [0.4, 0.5) is 5.13 Å². The van der Waals surface area contributed by atoms with Crippen LogP contribution in [-0.2, 0) is 9.59 Å². The number of anilines is 1. The van der Waals surface area contributed by atoms with E-state index < -0.39 is 0 Å². The van der Waals surface area contributed by atoms with Gasteiger partial charge in [-0.2, -0.15) is 0 Å². The first-order chi connectivity index (χ1) is 18.7. The molecule has 210 valence electrons. The van der Waals surface area contributed by atoms with E-state index in [1.54, 1.807) is 13.1 Å². The molecule has 2 unspecified atom stereocenters. The van der Waals surface area contributed by atoms with Crippen LogP contribution < -0.4 is 4.90 Å². The molecule has 0 radical (unpaired) electrons. The maximum atomic E-state index is 13.5. The smallest absolute Gasteiger partial charge is 0.254 e. The largest absolute Gasteiger partial charge is 0.343 e. The summed E-state index contributed by atoms with van der Waals surface area (Å²) < 4.78 is 0.571. The monoisotopic (exact) mass is 571 g/mol. The van der Waals surface area contributed by atoms with Crippen LogP contribution in [-0.4, -0.2) is 89.8 Å². The van der Waals surface area contributed by atoms with Gasteiger partial charge in [-0.05, 0) is 62.6 Å². The van der Waals surface area contributed by atoms with Gasteiger partial charge in [0.1, 0.15) is 4.34 Å². The Morgan fingerprint density at radius 1 is 1.03 bits per heavy atom. The zero-order chi connectivity index (χ0) is 27.7. The van der Waals surface area contributed by atoms with E-state index in [1.165, 1.54) is 11.3 Å². The number of rotatable bonds is 7. The van der Waals surface area contributed by atoms with Crippen molar-refractivity contribution < 1.29 is 14.4 Å². The van der Waals surface area contributed by atoms with Crippen molar-refractivity contribution in [3.8, 4) is 0 Å². The third-order valence-electron chi connectivity index (χ3n) is 8.65. The van der Waals surface area contributed by atoms with Crippen molar-refractivity contribution in [1.82, 2.24) is 19.7 Å². The van der Waals surface area contributed by atoms with Gasteiger partial charge in [-0.3, -0.25) is 19.3 Å². The average Bonchev–Trinajstić information content (AvgIpc) is 3.61. The summed E-state index contributed by atoms with van der Waals surface area (Å²) in [6.07, 6.45) is 3.81. The first-order valence-corrected chi connectivity index (χ1v) is 15.2. The molecule has 1 aromatic carbocycles. The van der Waals surface area contributed by atoms with E-state index in [4.69, 9.17) is 11.6 Å². The molecule has 3 aliphatic rings. The van der Waals surface area contributed by atoms with Crippen molar-refractivity contribution in [3.63, 3.8) is 0 Å². The lowest BCUT2D eigenvalue weighted by atomic mass is 9.95. The minimum Gasteiger partial charge on any atom is -0.343 e. The molecule has 2 aromatic rings. The van der Waals surface area contributed by atoms with Gasteiger partial charge in [0.25, 0.3) is 5.91 Å². The van der Waals surface area contributed by atoms with E-state index in [-0.39, 0.29) is 23.6 Å². The fraction of sp³-hybridized carbons (Fsp3) is 0.586. The van der Waals surface area contributed by atoms with Gasteiger partial charge < -0.3 is 14.7 Å². The highest BCUT2D eigenvalue weighted by atomic mass is 35.5. The van der Waals surface area contributed by atoms with Crippen molar-refractivity contribution >= 4 is 45.8 Å². The second kappa shape index (κ2) is 11.9. The fourth-order valence-electron chi connectivity index (χ4n) is 6.53. The lowest BCUT2D eigenvalue weighted by Gasteiger charge is -2.33. The molecule has 8 nitrogen and oxygen atoms in total. The van der Waals surface area contributed by atoms with Gasteiger partial charge in [0, 0.05) is 64.2 Å². The van der Waals surface area contributed by atoms with Crippen LogP contribution in [0.5, 0.6) is 0 Å². The number of piperidine rings is 1. The number of hydrogen-bond acceptors (Lipinski definition) is 6. The molecule has 0 aliphatic carbocycles. The van der Waals surface area contributed by atoms with Crippen molar-refractivity contribution in [2.45, 2.75) is 40.0 Å². The van der Waals surface area contributed by atoms with E-state index in [9.17, 15) is 14.4 Å². The summed E-state index contributed by atoms with van der Waals surface area (Å²) in [7, 11) is 0. The molecule has 0 bridgehead atoms. The third kappa shape index (κ3) is 6.15. The zero-order valence-electron chi connectivity index (χ0n) is 23.1. The molecule has 3 aliphatic heterocycles. The van der Waals surface area contributed by atoms with E-state index in [0.29, 0.717) is 53.8 Å². The number of carbonyl (C=O) groups excluding carboxylic acids is 3. The number of amides is 3. The first kappa shape index (κ1) is 28.1. The summed E-state index contributed by atoms with van der Waals surface area (Å²) >= 11 is 7.51. The number of carbonyl (C=O) groups is 3. The van der Waals surface area contributed by atoms with Crippen LogP contribution in [0.15, 0.2) is 24.4 Å². The second-order valence-electron chi connectivity index (χ2n) is 11.3. The highest BCUT2D eigenvalue weighted by molar-refractivity contribution is 7.19. The molecule has 3 saturated heterocycles. The van der Waals surface area contributed by atoms with Gasteiger partial charge in [0.2, 0.25) is 11.8 Å². The molecule has 3 fully saturated rings. The summed E-state index contributed by atoms with van der Waals surface area (Å²) in [4.78, 5) is 51.1. The van der Waals surface area contributed by atoms with Crippen LogP contribution in [0, 0.1) is 31.6 Å². The number of thiazole rings is 1. The highest BCUT2D eigenvalue weighted by Gasteiger charge is 2.42. The minimum absolute atomic E-state index is 0.0672. The lowest BCUT2D eigenvalue weighted by molar-refractivity contribution is -0.133. The summed E-state index contributed by atoms with van der Waals surface area (Å²) in [5.74, 6) is 1.22. The number of aryl methyl sites for hydroxylation is 2. The van der Waals surface area contributed by atoms with Gasteiger partial charge in [-0.1, -0.05) is 41.1 Å². The standard InChI is InChI=1S/C29H38ClN5O3S/c1-19-6-4-7-20(2)26(19)28(38)34-17-23-15-32(16-24(23)18-34)10-5-11-35(29-31-14-25(30)39-29)27(37)22-8-12-33(13-9-22)21(3)36/h4,6-7,14,22-24H,5,8-13,15-18H2,1-3H3. The lowest BCUT2D eigenvalue weighted by Crippen LogP contribution is -2.44. The molecule has 1 aromatic heterocycles. The number of likely N-dealkylation sites (tertiary alicyclic amines) is 3. The number of nitrogens with zero attached hydrogens (tertiary/aromatic N) is 5. The van der Waals surface area contributed by atoms with Gasteiger partial charge in [-0.25, -0.2) is 4.98 Å².